The van der Waals surface area contributed by atoms with Crippen molar-refractivity contribution in [2.75, 3.05) is 0 Å². The highest BCUT2D eigenvalue weighted by molar-refractivity contribution is 7.44. The fourth-order valence-corrected chi connectivity index (χ4v) is 4.97. The number of rotatable bonds is 13. The van der Waals surface area contributed by atoms with E-state index in [4.69, 9.17) is 44.1 Å². The number of unbranched alkanes of at least 4 members (excludes halogenated alkanes) is 4. The summed E-state index contributed by atoms with van der Waals surface area (Å²) in [5.74, 6) is 0. The Morgan fingerprint density at radius 2 is 1.00 bits per heavy atom. The fraction of sp³-hybridized carbons (Fsp3) is 0.286. The van der Waals surface area contributed by atoms with Gasteiger partial charge in [-0.2, -0.15) is 10.3 Å². The van der Waals surface area contributed by atoms with Crippen LogP contribution >= 0.6 is 0 Å². The van der Waals surface area contributed by atoms with Crippen LogP contribution in [-0.2, 0) is 12.8 Å². The Hall–Kier alpha value is -3.11. The minimum Gasteiger partial charge on any atom is -0.192 e. The summed E-state index contributed by atoms with van der Waals surface area (Å²) < 4.78 is 0. The molecule has 1 unspecified atom stereocenters. The van der Waals surface area contributed by atoms with E-state index in [2.05, 4.69) is 85.8 Å². The zero-order valence-corrected chi connectivity index (χ0v) is 26.3. The average Bonchev–Trinajstić information content (AvgIpc) is 3.05. The Bertz CT molecular complexity index is 1420. The fourth-order valence-electron chi connectivity index (χ4n) is 4.97. The highest BCUT2D eigenvalue weighted by Gasteiger charge is 2.30. The monoisotopic (exact) mass is 558 g/mol. The van der Waals surface area contributed by atoms with Gasteiger partial charge in [-0.05, 0) is 78.1 Å². The molecule has 0 amide bonds. The van der Waals surface area contributed by atoms with Gasteiger partial charge in [-0.25, -0.2) is 0 Å². The number of hydrogen-bond acceptors (Lipinski definition) is 1. The summed E-state index contributed by atoms with van der Waals surface area (Å²) >= 11 is 0. The molecule has 11 radical (unpaired) electrons. The smallest absolute Gasteiger partial charge is 0.0991 e. The normalized spacial score (nSPS) is 11.8. The second-order valence-corrected chi connectivity index (χ2v) is 11.7. The summed E-state index contributed by atoms with van der Waals surface area (Å²) in [7, 11) is 28.3. The van der Waals surface area contributed by atoms with Crippen LogP contribution in [0.15, 0.2) is 97.1 Å². The van der Waals surface area contributed by atoms with Crippen molar-refractivity contribution in [3.8, 4) is 28.3 Å². The molecule has 0 spiro atoms. The minimum atomic E-state index is -0.972. The first-order chi connectivity index (χ1) is 21.2. The molecule has 0 aliphatic heterocycles. The quantitative estimate of drug-likeness (QED) is 0.133. The van der Waals surface area contributed by atoms with E-state index in [-0.39, 0.29) is 6.60 Å². The third kappa shape index (κ3) is 10.8. The third-order valence-corrected chi connectivity index (χ3v) is 8.23. The summed E-state index contributed by atoms with van der Waals surface area (Å²) in [4.78, 5) is 0. The summed E-state index contributed by atoms with van der Waals surface area (Å²) in [6.07, 6.45) is 8.75. The SMILES string of the molecule is Cc1ccc(-c2ccc(CCCCCCCc3ccc(-c4ccc(C#N)cc4)cc3)cc2)cc1.[B][B]C([B])(B([B])[B])B([B])C. The summed E-state index contributed by atoms with van der Waals surface area (Å²) in [5, 5.41) is 7.97. The highest BCUT2D eigenvalue weighted by Crippen LogP contribution is 2.23. The van der Waals surface area contributed by atoms with Crippen LogP contribution in [0.4, 0.5) is 0 Å². The van der Waals surface area contributed by atoms with Crippen LogP contribution in [0.25, 0.3) is 22.3 Å². The lowest BCUT2D eigenvalue weighted by Gasteiger charge is -2.36. The Labute approximate surface area is 274 Å². The zero-order valence-electron chi connectivity index (χ0n) is 26.3. The van der Waals surface area contributed by atoms with Crippen LogP contribution in [-0.4, -0.2) is 59.1 Å². The van der Waals surface area contributed by atoms with E-state index >= 15 is 0 Å². The molecular weight excluding hydrogens is 521 g/mol. The van der Waals surface area contributed by atoms with E-state index in [0.717, 1.165) is 12.0 Å². The highest BCUT2D eigenvalue weighted by atomic mass is 14.2. The molecule has 0 bridgehead atoms. The van der Waals surface area contributed by atoms with Gasteiger partial charge in [0.05, 0.1) is 18.2 Å². The van der Waals surface area contributed by atoms with Gasteiger partial charge in [0.2, 0.25) is 0 Å². The van der Waals surface area contributed by atoms with Gasteiger partial charge in [-0.3, -0.25) is 0 Å². The maximum absolute atomic E-state index is 8.94. The van der Waals surface area contributed by atoms with E-state index in [9.17, 15) is 0 Å². The molecule has 4 aromatic carbocycles. The van der Waals surface area contributed by atoms with Crippen molar-refractivity contribution in [2.24, 2.45) is 0 Å². The molecule has 0 aliphatic rings. The van der Waals surface area contributed by atoms with E-state index in [1.807, 2.05) is 24.3 Å². The van der Waals surface area contributed by atoms with Gasteiger partial charge in [-0.15, -0.1) is 0 Å². The van der Waals surface area contributed by atoms with Gasteiger partial charge in [0.1, 0.15) is 0 Å². The largest absolute Gasteiger partial charge is 0.192 e. The van der Waals surface area contributed by atoms with Crippen molar-refractivity contribution < 1.29 is 0 Å². The standard InChI is InChI=1S/C33H33N.C2H3B8/c1-26-9-17-30(18-10-26)31-19-11-27(12-20-31)7-5-3-2-4-6-8-28-13-21-32(22-14-28)33-23-15-29(25-34)16-24-33;1-9(5)2(3,8-4)10(6)7/h9-24H,2-8H2,1H3;1H3. The predicted octanol–water partition coefficient (Wildman–Crippen LogP) is 6.69. The molecule has 1 nitrogen and oxygen atoms in total. The number of hydrogen-bond donors (Lipinski definition) is 0. The number of nitrogens with zero attached hydrogens (tertiary/aromatic N) is 1. The summed E-state index contributed by atoms with van der Waals surface area (Å²) in [6, 6.07) is 36.7. The molecule has 0 aliphatic carbocycles. The molecule has 44 heavy (non-hydrogen) atoms. The number of benzene rings is 4. The lowest BCUT2D eigenvalue weighted by Crippen LogP contribution is -2.50. The topological polar surface area (TPSA) is 23.8 Å². The van der Waals surface area contributed by atoms with Crippen LogP contribution < -0.4 is 0 Å². The molecule has 0 aromatic heterocycles. The zero-order chi connectivity index (χ0) is 32.0. The van der Waals surface area contributed by atoms with Gasteiger partial charge in [-0.1, -0.05) is 117 Å². The van der Waals surface area contributed by atoms with Gasteiger partial charge < -0.3 is 0 Å². The average molecular weight is 557 g/mol. The molecule has 1 atom stereocenters. The van der Waals surface area contributed by atoms with E-state index in [0.29, 0.717) is 5.56 Å². The van der Waals surface area contributed by atoms with Crippen molar-refractivity contribution >= 4 is 59.1 Å². The van der Waals surface area contributed by atoms with Crippen molar-refractivity contribution in [3.63, 3.8) is 0 Å². The van der Waals surface area contributed by atoms with Gasteiger partial charge in [0, 0.05) is 52.5 Å². The predicted molar refractivity (Wildman–Crippen MR) is 198 cm³/mol. The Balaban J connectivity index is 0.000000456. The Morgan fingerprint density at radius 1 is 0.636 bits per heavy atom. The first-order valence-corrected chi connectivity index (χ1v) is 15.5. The van der Waals surface area contributed by atoms with Crippen LogP contribution in [0.3, 0.4) is 0 Å². The molecule has 0 N–H and O–H groups in total. The number of nitriles is 1. The van der Waals surface area contributed by atoms with Crippen LogP contribution in [0.5, 0.6) is 0 Å². The maximum Gasteiger partial charge on any atom is 0.0991 e. The molecule has 0 fully saturated rings. The van der Waals surface area contributed by atoms with Gasteiger partial charge in [0.15, 0.2) is 0 Å². The van der Waals surface area contributed by atoms with Crippen LogP contribution in [0.1, 0.15) is 54.4 Å². The van der Waals surface area contributed by atoms with E-state index in [1.165, 1.54) is 79.1 Å². The van der Waals surface area contributed by atoms with Gasteiger partial charge in [0.25, 0.3) is 0 Å². The molecule has 205 valence electrons. The maximum atomic E-state index is 8.94. The molecule has 0 heterocycles. The van der Waals surface area contributed by atoms with Gasteiger partial charge >= 0.3 is 0 Å². The molecule has 4 rings (SSSR count). The Morgan fingerprint density at radius 3 is 1.32 bits per heavy atom. The minimum absolute atomic E-state index is 0.350. The van der Waals surface area contributed by atoms with Crippen molar-refractivity contribution in [2.45, 2.75) is 63.7 Å². The molecule has 0 saturated heterocycles. The molecule has 4 aromatic rings. The van der Waals surface area contributed by atoms with Crippen LogP contribution in [0, 0.1) is 18.3 Å². The number of aryl methyl sites for hydroxylation is 3. The van der Waals surface area contributed by atoms with Crippen molar-refractivity contribution in [1.82, 2.24) is 0 Å². The van der Waals surface area contributed by atoms with Crippen LogP contribution in [0.2, 0.25) is 11.8 Å². The third-order valence-electron chi connectivity index (χ3n) is 8.23. The second-order valence-electron chi connectivity index (χ2n) is 11.7. The summed E-state index contributed by atoms with van der Waals surface area (Å²) in [6.45, 7) is 2.76. The van der Waals surface area contributed by atoms with Crippen molar-refractivity contribution in [1.29, 1.82) is 5.26 Å². The first-order valence-electron chi connectivity index (χ1n) is 15.5. The van der Waals surface area contributed by atoms with Crippen molar-refractivity contribution in [3.05, 3.63) is 119 Å². The van der Waals surface area contributed by atoms with E-state index < -0.39 is 11.5 Å². The molecular formula is C35H36B8N. The molecule has 9 heteroatoms. The molecule has 0 saturated carbocycles. The lowest BCUT2D eigenvalue weighted by molar-refractivity contribution is 0.613. The van der Waals surface area contributed by atoms with E-state index in [1.54, 1.807) is 6.82 Å². The lowest BCUT2D eigenvalue weighted by atomic mass is 8.86. The Kier molecular flexibility index (Phi) is 14.5. The second kappa shape index (κ2) is 18.0. The summed E-state index contributed by atoms with van der Waals surface area (Å²) in [5.41, 5.74) is 9.82. The first kappa shape index (κ1) is 35.4.